The Hall–Kier alpha value is -2.21. The minimum Gasteiger partial charge on any atom is -0.330 e. The van der Waals surface area contributed by atoms with Gasteiger partial charge < -0.3 is 4.90 Å². The summed E-state index contributed by atoms with van der Waals surface area (Å²) in [5.74, 6) is -0.802. The maximum atomic E-state index is 14.4. The highest BCUT2D eigenvalue weighted by Gasteiger charge is 2.36. The standard InChI is InChI=1S/C19H20FN3OS.CH4/c1-11-14-6-4-5-7-15(14)25-16(11)10-23(13-8-9-13)19(24)17-12(2)21-22(3)18(17)20;/h4-7,13H,8-10H2,1-3H3;1H4. The lowest BCUT2D eigenvalue weighted by Crippen LogP contribution is -2.33. The van der Waals surface area contributed by atoms with Gasteiger partial charge in [-0.3, -0.25) is 4.79 Å². The highest BCUT2D eigenvalue weighted by molar-refractivity contribution is 7.19. The van der Waals surface area contributed by atoms with Gasteiger partial charge in [0.25, 0.3) is 5.91 Å². The number of hydrogen-bond acceptors (Lipinski definition) is 3. The maximum absolute atomic E-state index is 14.4. The first-order chi connectivity index (χ1) is 12.0. The minimum absolute atomic E-state index is 0. The van der Waals surface area contributed by atoms with Crippen LogP contribution in [0.1, 0.15) is 46.8 Å². The Morgan fingerprint density at radius 3 is 2.62 bits per heavy atom. The molecule has 2 aromatic heterocycles. The van der Waals surface area contributed by atoms with Crippen LogP contribution in [0.25, 0.3) is 10.1 Å². The highest BCUT2D eigenvalue weighted by Crippen LogP contribution is 2.36. The van der Waals surface area contributed by atoms with Gasteiger partial charge in [0.15, 0.2) is 0 Å². The summed E-state index contributed by atoms with van der Waals surface area (Å²) in [5.41, 5.74) is 1.76. The van der Waals surface area contributed by atoms with E-state index in [0.29, 0.717) is 12.2 Å². The van der Waals surface area contributed by atoms with Crippen molar-refractivity contribution >= 4 is 27.3 Å². The molecule has 0 bridgehead atoms. The SMILES string of the molecule is C.Cc1nn(C)c(F)c1C(=O)N(Cc1sc2ccccc2c1C)C1CC1. The number of hydrogen-bond donors (Lipinski definition) is 0. The molecule has 4 nitrogen and oxygen atoms in total. The molecule has 1 aromatic carbocycles. The molecule has 1 aliphatic rings. The molecule has 2 heterocycles. The second-order valence-electron chi connectivity index (χ2n) is 6.69. The van der Waals surface area contributed by atoms with Crippen LogP contribution in [-0.4, -0.2) is 26.6 Å². The van der Waals surface area contributed by atoms with Crippen LogP contribution in [0.15, 0.2) is 24.3 Å². The van der Waals surface area contributed by atoms with Gasteiger partial charge in [-0.15, -0.1) is 11.3 Å². The first-order valence-electron chi connectivity index (χ1n) is 8.44. The summed E-state index contributed by atoms with van der Waals surface area (Å²) < 4.78 is 16.7. The average molecular weight is 373 g/mol. The van der Waals surface area contributed by atoms with Gasteiger partial charge in [-0.1, -0.05) is 25.6 Å². The molecule has 3 aromatic rings. The fourth-order valence-electron chi connectivity index (χ4n) is 3.30. The quantitative estimate of drug-likeness (QED) is 0.657. The Morgan fingerprint density at radius 1 is 1.35 bits per heavy atom. The van der Waals surface area contributed by atoms with Crippen molar-refractivity contribution in [2.45, 2.75) is 46.7 Å². The maximum Gasteiger partial charge on any atom is 0.260 e. The number of carbonyl (C=O) groups excluding carboxylic acids is 1. The van der Waals surface area contributed by atoms with Gasteiger partial charge in [-0.05, 0) is 43.7 Å². The fourth-order valence-corrected chi connectivity index (χ4v) is 4.51. The summed E-state index contributed by atoms with van der Waals surface area (Å²) in [4.78, 5) is 16.0. The van der Waals surface area contributed by atoms with Gasteiger partial charge in [0.2, 0.25) is 5.95 Å². The smallest absolute Gasteiger partial charge is 0.260 e. The molecule has 0 aliphatic heterocycles. The Morgan fingerprint density at radius 2 is 2.04 bits per heavy atom. The lowest BCUT2D eigenvalue weighted by Gasteiger charge is -2.22. The summed E-state index contributed by atoms with van der Waals surface area (Å²) in [5, 5.41) is 5.28. The van der Waals surface area contributed by atoms with E-state index in [1.807, 2.05) is 17.0 Å². The van der Waals surface area contributed by atoms with Crippen LogP contribution in [0, 0.1) is 19.8 Å². The molecule has 1 amide bonds. The van der Waals surface area contributed by atoms with E-state index < -0.39 is 5.95 Å². The van der Waals surface area contributed by atoms with Crippen LogP contribution >= 0.6 is 11.3 Å². The van der Waals surface area contributed by atoms with Gasteiger partial charge in [0.1, 0.15) is 5.56 Å². The monoisotopic (exact) mass is 373 g/mol. The number of aromatic nitrogens is 2. The lowest BCUT2D eigenvalue weighted by atomic mass is 10.1. The Labute approximate surface area is 157 Å². The molecule has 1 aliphatic carbocycles. The second-order valence-corrected chi connectivity index (χ2v) is 7.82. The fraction of sp³-hybridized carbons (Fsp3) is 0.400. The van der Waals surface area contributed by atoms with Crippen molar-refractivity contribution in [2.75, 3.05) is 0 Å². The van der Waals surface area contributed by atoms with Crippen LogP contribution in [0.5, 0.6) is 0 Å². The molecule has 0 N–H and O–H groups in total. The van der Waals surface area contributed by atoms with Gasteiger partial charge in [-0.2, -0.15) is 9.49 Å². The summed E-state index contributed by atoms with van der Waals surface area (Å²) in [6, 6.07) is 8.48. The molecular formula is C20H24FN3OS. The zero-order valence-corrected chi connectivity index (χ0v) is 15.4. The van der Waals surface area contributed by atoms with Crippen molar-refractivity contribution in [3.63, 3.8) is 0 Å². The topological polar surface area (TPSA) is 38.1 Å². The molecule has 1 fully saturated rings. The molecular weight excluding hydrogens is 349 g/mol. The number of fused-ring (bicyclic) bond motifs is 1. The largest absolute Gasteiger partial charge is 0.330 e. The van der Waals surface area contributed by atoms with Gasteiger partial charge in [0, 0.05) is 22.7 Å². The molecule has 0 unspecified atom stereocenters. The van der Waals surface area contributed by atoms with Crippen LogP contribution in [0.3, 0.4) is 0 Å². The number of amides is 1. The van der Waals surface area contributed by atoms with Gasteiger partial charge in [0.05, 0.1) is 12.2 Å². The van der Waals surface area contributed by atoms with E-state index in [1.54, 1.807) is 18.3 Å². The summed E-state index contributed by atoms with van der Waals surface area (Å²) in [6.07, 6.45) is 1.97. The zero-order valence-electron chi connectivity index (χ0n) is 14.5. The molecule has 26 heavy (non-hydrogen) atoms. The van der Waals surface area contributed by atoms with E-state index in [4.69, 9.17) is 0 Å². The summed E-state index contributed by atoms with van der Waals surface area (Å²) in [6.45, 7) is 4.31. The first kappa shape index (κ1) is 18.6. The van der Waals surface area contributed by atoms with E-state index in [0.717, 1.165) is 17.5 Å². The van der Waals surface area contributed by atoms with Gasteiger partial charge in [-0.25, -0.2) is 4.68 Å². The van der Waals surface area contributed by atoms with Crippen molar-refractivity contribution in [3.05, 3.63) is 51.9 Å². The normalized spacial score (nSPS) is 13.7. The van der Waals surface area contributed by atoms with E-state index in [1.165, 1.54) is 27.6 Å². The number of carbonyl (C=O) groups is 1. The molecule has 4 rings (SSSR count). The van der Waals surface area contributed by atoms with Crippen LogP contribution in [0.2, 0.25) is 0 Å². The number of thiophene rings is 1. The van der Waals surface area contributed by atoms with Crippen LogP contribution in [0.4, 0.5) is 4.39 Å². The summed E-state index contributed by atoms with van der Waals surface area (Å²) >= 11 is 1.72. The molecule has 138 valence electrons. The lowest BCUT2D eigenvalue weighted by molar-refractivity contribution is 0.0725. The van der Waals surface area contributed by atoms with Gasteiger partial charge >= 0.3 is 0 Å². The number of rotatable bonds is 4. The third-order valence-electron chi connectivity index (χ3n) is 4.87. The summed E-state index contributed by atoms with van der Waals surface area (Å²) in [7, 11) is 1.52. The van der Waals surface area contributed by atoms with Crippen molar-refractivity contribution in [1.82, 2.24) is 14.7 Å². The predicted molar refractivity (Wildman–Crippen MR) is 104 cm³/mol. The Bertz CT molecular complexity index is 971. The van der Waals surface area contributed by atoms with Crippen LogP contribution < -0.4 is 0 Å². The minimum atomic E-state index is -0.554. The molecule has 6 heteroatoms. The van der Waals surface area contributed by atoms with Crippen molar-refractivity contribution in [1.29, 1.82) is 0 Å². The molecule has 1 saturated carbocycles. The third kappa shape index (κ3) is 3.03. The number of halogens is 1. The van der Waals surface area contributed by atoms with E-state index in [-0.39, 0.29) is 24.9 Å². The average Bonchev–Trinajstić information content (AvgIpc) is 3.33. The van der Waals surface area contributed by atoms with E-state index in [2.05, 4.69) is 24.2 Å². The molecule has 0 atom stereocenters. The molecule has 0 saturated heterocycles. The Kier molecular flexibility index (Phi) is 4.88. The number of nitrogens with zero attached hydrogens (tertiary/aromatic N) is 3. The van der Waals surface area contributed by atoms with E-state index in [9.17, 15) is 9.18 Å². The Balaban J connectivity index is 0.00000196. The van der Waals surface area contributed by atoms with E-state index >= 15 is 0 Å². The van der Waals surface area contributed by atoms with Crippen molar-refractivity contribution < 1.29 is 9.18 Å². The highest BCUT2D eigenvalue weighted by atomic mass is 32.1. The first-order valence-corrected chi connectivity index (χ1v) is 9.26. The van der Waals surface area contributed by atoms with Crippen molar-refractivity contribution in [2.24, 2.45) is 7.05 Å². The number of benzene rings is 1. The molecule has 0 spiro atoms. The van der Waals surface area contributed by atoms with Crippen LogP contribution in [-0.2, 0) is 13.6 Å². The second kappa shape index (κ2) is 6.83. The predicted octanol–water partition coefficient (Wildman–Crippen LogP) is 4.83. The zero-order chi connectivity index (χ0) is 17.7. The number of aryl methyl sites for hydroxylation is 3. The van der Waals surface area contributed by atoms with Crippen molar-refractivity contribution in [3.8, 4) is 0 Å². The third-order valence-corrected chi connectivity index (χ3v) is 6.13. The molecule has 0 radical (unpaired) electrons.